The quantitative estimate of drug-likeness (QED) is 0.407. The fourth-order valence-electron chi connectivity index (χ4n) is 0.764. The largest absolute Gasteiger partial charge is 0.383 e. The van der Waals surface area contributed by atoms with Crippen molar-refractivity contribution in [1.82, 2.24) is 4.90 Å². The van der Waals surface area contributed by atoms with Gasteiger partial charge >= 0.3 is 0 Å². The normalized spacial score (nSPS) is 10.5. The van der Waals surface area contributed by atoms with Crippen LogP contribution in [-0.4, -0.2) is 45.3 Å². The molecule has 0 N–H and O–H groups in total. The van der Waals surface area contributed by atoms with Crippen LogP contribution in [0.25, 0.3) is 0 Å². The van der Waals surface area contributed by atoms with Gasteiger partial charge in [0.2, 0.25) is 0 Å². The average molecular weight is 160 g/mol. The summed E-state index contributed by atoms with van der Waals surface area (Å²) in [5, 5.41) is 2.78. The maximum Gasteiger partial charge on any atom is 0.0823 e. The number of nitroso groups, excluding NO2 is 1. The van der Waals surface area contributed by atoms with Gasteiger partial charge in [0.1, 0.15) is 0 Å². The zero-order valence-electron chi connectivity index (χ0n) is 7.25. The van der Waals surface area contributed by atoms with E-state index in [1.807, 2.05) is 7.05 Å². The Morgan fingerprint density at radius 3 is 2.73 bits per heavy atom. The summed E-state index contributed by atoms with van der Waals surface area (Å²) < 4.78 is 4.89. The molecule has 0 amide bonds. The topological polar surface area (TPSA) is 41.9 Å². The van der Waals surface area contributed by atoms with Crippen LogP contribution in [0.15, 0.2) is 5.18 Å². The molecule has 4 nitrogen and oxygen atoms in total. The Balaban J connectivity index is 3.08. The first-order valence-electron chi connectivity index (χ1n) is 3.78. The van der Waals surface area contributed by atoms with Crippen LogP contribution in [0.1, 0.15) is 6.42 Å². The predicted octanol–water partition coefficient (Wildman–Crippen LogP) is 0.721. The number of hydrogen-bond acceptors (Lipinski definition) is 4. The van der Waals surface area contributed by atoms with Crippen LogP contribution in [0.3, 0.4) is 0 Å². The van der Waals surface area contributed by atoms with E-state index in [2.05, 4.69) is 10.1 Å². The molecule has 4 heteroatoms. The molecule has 0 unspecified atom stereocenters. The van der Waals surface area contributed by atoms with Gasteiger partial charge < -0.3 is 9.64 Å². The highest BCUT2D eigenvalue weighted by Gasteiger charge is 1.95. The first-order valence-corrected chi connectivity index (χ1v) is 3.78. The Hall–Kier alpha value is -0.480. The highest BCUT2D eigenvalue weighted by Crippen LogP contribution is 1.87. The highest BCUT2D eigenvalue weighted by molar-refractivity contribution is 4.51. The highest BCUT2D eigenvalue weighted by atomic mass is 16.5. The molecule has 0 spiro atoms. The monoisotopic (exact) mass is 160 g/mol. The fourth-order valence-corrected chi connectivity index (χ4v) is 0.764. The number of nitrogens with zero attached hydrogens (tertiary/aromatic N) is 2. The number of likely N-dealkylation sites (N-methyl/N-ethyl adjacent to an activating group) is 1. The van der Waals surface area contributed by atoms with Crippen molar-refractivity contribution in [2.75, 3.05) is 40.4 Å². The Morgan fingerprint density at radius 1 is 1.45 bits per heavy atom. The minimum atomic E-state index is 0.414. The van der Waals surface area contributed by atoms with Crippen molar-refractivity contribution in [2.45, 2.75) is 6.42 Å². The van der Waals surface area contributed by atoms with Crippen LogP contribution in [0, 0.1) is 4.91 Å². The van der Waals surface area contributed by atoms with Crippen LogP contribution in [0.4, 0.5) is 0 Å². The van der Waals surface area contributed by atoms with E-state index in [-0.39, 0.29) is 0 Å². The van der Waals surface area contributed by atoms with E-state index in [4.69, 9.17) is 4.74 Å². The molecule has 0 rings (SSSR count). The Labute approximate surface area is 67.5 Å². The summed E-state index contributed by atoms with van der Waals surface area (Å²) in [4.78, 5) is 11.8. The van der Waals surface area contributed by atoms with Crippen molar-refractivity contribution >= 4 is 0 Å². The molecule has 0 heterocycles. The number of rotatable bonds is 7. The Bertz CT molecular complexity index is 98.4. The van der Waals surface area contributed by atoms with Crippen molar-refractivity contribution in [1.29, 1.82) is 0 Å². The maximum absolute atomic E-state index is 9.71. The summed E-state index contributed by atoms with van der Waals surface area (Å²) in [5.74, 6) is 0. The molecule has 0 radical (unpaired) electrons. The van der Waals surface area contributed by atoms with Gasteiger partial charge in [0.05, 0.1) is 13.2 Å². The molecule has 11 heavy (non-hydrogen) atoms. The Morgan fingerprint density at radius 2 is 2.18 bits per heavy atom. The number of methoxy groups -OCH3 is 1. The SMILES string of the molecule is COCCN(C)CCCN=O. The molecule has 0 aliphatic rings. The molecule has 0 bridgehead atoms. The number of ether oxygens (including phenoxy) is 1. The van der Waals surface area contributed by atoms with E-state index in [9.17, 15) is 4.91 Å². The molecular formula is C7H16N2O2. The van der Waals surface area contributed by atoms with Gasteiger partial charge in [-0.3, -0.25) is 0 Å². The van der Waals surface area contributed by atoms with E-state index in [0.717, 1.165) is 26.1 Å². The van der Waals surface area contributed by atoms with Gasteiger partial charge in [0.15, 0.2) is 0 Å². The summed E-state index contributed by atoms with van der Waals surface area (Å²) in [6, 6.07) is 0. The lowest BCUT2D eigenvalue weighted by Gasteiger charge is -2.14. The summed E-state index contributed by atoms with van der Waals surface area (Å²) in [5.41, 5.74) is 0. The lowest BCUT2D eigenvalue weighted by Crippen LogP contribution is -2.24. The number of hydrogen-bond donors (Lipinski definition) is 0. The third-order valence-electron chi connectivity index (χ3n) is 1.47. The molecule has 0 aromatic heterocycles. The van der Waals surface area contributed by atoms with E-state index in [1.54, 1.807) is 7.11 Å². The van der Waals surface area contributed by atoms with Crippen LogP contribution >= 0.6 is 0 Å². The zero-order valence-corrected chi connectivity index (χ0v) is 7.25. The summed E-state index contributed by atoms with van der Waals surface area (Å²) in [6.07, 6.45) is 0.837. The molecule has 0 aliphatic heterocycles. The van der Waals surface area contributed by atoms with E-state index in [0.29, 0.717) is 6.54 Å². The van der Waals surface area contributed by atoms with Crippen molar-refractivity contribution < 1.29 is 4.74 Å². The van der Waals surface area contributed by atoms with Crippen LogP contribution < -0.4 is 0 Å². The molecule has 0 aliphatic carbocycles. The van der Waals surface area contributed by atoms with Gasteiger partial charge in [0, 0.05) is 13.7 Å². The van der Waals surface area contributed by atoms with Gasteiger partial charge in [-0.1, -0.05) is 5.18 Å². The standard InChI is InChI=1S/C7H16N2O2/c1-9(6-7-11-2)5-3-4-8-10/h3-7H2,1-2H3. The van der Waals surface area contributed by atoms with Gasteiger partial charge in [-0.05, 0) is 20.0 Å². The van der Waals surface area contributed by atoms with Crippen molar-refractivity contribution in [2.24, 2.45) is 5.18 Å². The molecular weight excluding hydrogens is 144 g/mol. The lowest BCUT2D eigenvalue weighted by molar-refractivity contribution is 0.161. The van der Waals surface area contributed by atoms with E-state index >= 15 is 0 Å². The second kappa shape index (κ2) is 7.63. The van der Waals surface area contributed by atoms with Gasteiger partial charge in [-0.25, -0.2) is 0 Å². The van der Waals surface area contributed by atoms with Crippen molar-refractivity contribution in [3.8, 4) is 0 Å². The molecule has 0 aromatic carbocycles. The van der Waals surface area contributed by atoms with Crippen molar-refractivity contribution in [3.05, 3.63) is 4.91 Å². The average Bonchev–Trinajstić information content (AvgIpc) is 2.01. The first kappa shape index (κ1) is 10.5. The minimum Gasteiger partial charge on any atom is -0.383 e. The van der Waals surface area contributed by atoms with Gasteiger partial charge in [-0.2, -0.15) is 4.91 Å². The predicted molar refractivity (Wildman–Crippen MR) is 44.7 cm³/mol. The van der Waals surface area contributed by atoms with Crippen LogP contribution in [-0.2, 0) is 4.74 Å². The second-order valence-corrected chi connectivity index (χ2v) is 2.50. The van der Waals surface area contributed by atoms with E-state index < -0.39 is 0 Å². The summed E-state index contributed by atoms with van der Waals surface area (Å²) >= 11 is 0. The smallest absolute Gasteiger partial charge is 0.0823 e. The van der Waals surface area contributed by atoms with Gasteiger partial charge in [0.25, 0.3) is 0 Å². The Kier molecular flexibility index (Phi) is 7.29. The molecule has 66 valence electrons. The summed E-state index contributed by atoms with van der Waals surface area (Å²) in [7, 11) is 3.69. The third kappa shape index (κ3) is 7.42. The second-order valence-electron chi connectivity index (χ2n) is 2.50. The minimum absolute atomic E-state index is 0.414. The van der Waals surface area contributed by atoms with Crippen LogP contribution in [0.2, 0.25) is 0 Å². The fraction of sp³-hybridized carbons (Fsp3) is 1.00. The maximum atomic E-state index is 9.71. The lowest BCUT2D eigenvalue weighted by atomic mass is 10.4. The first-order chi connectivity index (χ1) is 5.31. The molecule has 0 saturated carbocycles. The van der Waals surface area contributed by atoms with Crippen molar-refractivity contribution in [3.63, 3.8) is 0 Å². The van der Waals surface area contributed by atoms with E-state index in [1.165, 1.54) is 0 Å². The van der Waals surface area contributed by atoms with Crippen LogP contribution in [0.5, 0.6) is 0 Å². The molecule has 0 aromatic rings. The summed E-state index contributed by atoms with van der Waals surface area (Å²) in [6.45, 7) is 2.98. The molecule has 0 saturated heterocycles. The van der Waals surface area contributed by atoms with Gasteiger partial charge in [-0.15, -0.1) is 0 Å². The third-order valence-corrected chi connectivity index (χ3v) is 1.47. The molecule has 0 fully saturated rings. The molecule has 0 atom stereocenters. The zero-order chi connectivity index (χ0) is 8.53.